The molecule has 1 fully saturated rings. The van der Waals surface area contributed by atoms with Gasteiger partial charge in [-0.1, -0.05) is 19.1 Å². The molecule has 1 aliphatic heterocycles. The summed E-state index contributed by atoms with van der Waals surface area (Å²) in [6.07, 6.45) is 2.25. The Morgan fingerprint density at radius 1 is 1.04 bits per heavy atom. The molecule has 0 saturated carbocycles. The maximum absolute atomic E-state index is 13.3. The molecule has 1 heterocycles. The fourth-order valence-electron chi connectivity index (χ4n) is 3.82. The minimum atomic E-state index is -0.178. The van der Waals surface area contributed by atoms with E-state index in [1.54, 1.807) is 19.2 Å². The molecule has 3 rings (SSSR count). The second kappa shape index (κ2) is 9.04. The first kappa shape index (κ1) is 18.7. The number of hydrogen-bond donors (Lipinski definition) is 0. The van der Waals surface area contributed by atoms with Crippen LogP contribution in [0.3, 0.4) is 0 Å². The van der Waals surface area contributed by atoms with E-state index in [2.05, 4.69) is 11.8 Å². The van der Waals surface area contributed by atoms with E-state index in [9.17, 15) is 4.39 Å². The number of nitrogens with zero attached hydrogens (tertiary/aromatic N) is 1. The predicted octanol–water partition coefficient (Wildman–Crippen LogP) is 4.73. The summed E-state index contributed by atoms with van der Waals surface area (Å²) in [5, 5.41) is 0. The number of ether oxygens (including phenoxy) is 2. The van der Waals surface area contributed by atoms with Crippen molar-refractivity contribution >= 4 is 0 Å². The van der Waals surface area contributed by atoms with E-state index in [0.29, 0.717) is 18.4 Å². The van der Waals surface area contributed by atoms with Crippen molar-refractivity contribution in [2.45, 2.75) is 25.7 Å². The molecule has 0 spiro atoms. The zero-order chi connectivity index (χ0) is 18.4. The smallest absolute Gasteiger partial charge is 0.123 e. The van der Waals surface area contributed by atoms with E-state index in [0.717, 1.165) is 44.0 Å². The van der Waals surface area contributed by atoms with Crippen LogP contribution in [0.1, 0.15) is 31.2 Å². The number of hydrogen-bond acceptors (Lipinski definition) is 3. The quantitative estimate of drug-likeness (QED) is 0.715. The fourth-order valence-corrected chi connectivity index (χ4v) is 3.82. The van der Waals surface area contributed by atoms with Crippen molar-refractivity contribution in [3.8, 4) is 11.5 Å². The van der Waals surface area contributed by atoms with Crippen LogP contribution in [0.15, 0.2) is 48.5 Å². The Labute approximate surface area is 155 Å². The highest BCUT2D eigenvalue weighted by Crippen LogP contribution is 2.34. The van der Waals surface area contributed by atoms with Crippen LogP contribution in [0.5, 0.6) is 11.5 Å². The van der Waals surface area contributed by atoms with Gasteiger partial charge in [-0.25, -0.2) is 4.39 Å². The molecule has 3 nitrogen and oxygen atoms in total. The van der Waals surface area contributed by atoms with Gasteiger partial charge < -0.3 is 14.4 Å². The van der Waals surface area contributed by atoms with Crippen LogP contribution in [0.2, 0.25) is 0 Å². The first-order valence-electron chi connectivity index (χ1n) is 9.44. The standard InChI is InChI=1S/C22H28FNO2/c1-3-13-24-14-12-22(17-4-6-19(23)7-5-17)18(15-24)16-26-21-10-8-20(25-2)9-11-21/h4-11,18,22H,3,12-16H2,1-2H3/t18-,22-/m1/s1. The molecular weight excluding hydrogens is 329 g/mol. The SMILES string of the molecule is CCCN1CC[C@H](c2ccc(F)cc2)[C@@H](COc2ccc(OC)cc2)C1. The van der Waals surface area contributed by atoms with Crippen LogP contribution in [0.4, 0.5) is 4.39 Å². The topological polar surface area (TPSA) is 21.7 Å². The normalized spacial score (nSPS) is 20.7. The summed E-state index contributed by atoms with van der Waals surface area (Å²) in [7, 11) is 1.66. The second-order valence-corrected chi connectivity index (χ2v) is 6.99. The summed E-state index contributed by atoms with van der Waals surface area (Å²) in [5.41, 5.74) is 1.21. The molecule has 1 saturated heterocycles. The molecule has 0 N–H and O–H groups in total. The van der Waals surface area contributed by atoms with Crippen molar-refractivity contribution < 1.29 is 13.9 Å². The van der Waals surface area contributed by atoms with Crippen LogP contribution >= 0.6 is 0 Å². The van der Waals surface area contributed by atoms with E-state index < -0.39 is 0 Å². The Morgan fingerprint density at radius 3 is 2.38 bits per heavy atom. The lowest BCUT2D eigenvalue weighted by atomic mass is 9.81. The lowest BCUT2D eigenvalue weighted by Crippen LogP contribution is -2.42. The van der Waals surface area contributed by atoms with E-state index in [1.807, 2.05) is 36.4 Å². The Kier molecular flexibility index (Phi) is 6.51. The average molecular weight is 357 g/mol. The number of likely N-dealkylation sites (tertiary alicyclic amines) is 1. The molecule has 2 aromatic carbocycles. The minimum Gasteiger partial charge on any atom is -0.497 e. The molecule has 4 heteroatoms. The molecule has 0 aromatic heterocycles. The van der Waals surface area contributed by atoms with Crippen LogP contribution in [-0.2, 0) is 0 Å². The Balaban J connectivity index is 1.69. The van der Waals surface area contributed by atoms with Crippen molar-refractivity contribution in [2.24, 2.45) is 5.92 Å². The Hall–Kier alpha value is -2.07. The monoisotopic (exact) mass is 357 g/mol. The average Bonchev–Trinajstić information content (AvgIpc) is 2.68. The van der Waals surface area contributed by atoms with Gasteiger partial charge in [0.15, 0.2) is 0 Å². The maximum Gasteiger partial charge on any atom is 0.123 e. The lowest BCUT2D eigenvalue weighted by molar-refractivity contribution is 0.111. The zero-order valence-electron chi connectivity index (χ0n) is 15.7. The third kappa shape index (κ3) is 4.76. The van der Waals surface area contributed by atoms with Gasteiger partial charge in [0.05, 0.1) is 13.7 Å². The first-order valence-corrected chi connectivity index (χ1v) is 9.44. The van der Waals surface area contributed by atoms with Crippen molar-refractivity contribution in [2.75, 3.05) is 33.4 Å². The molecule has 0 unspecified atom stereocenters. The number of piperidine rings is 1. The summed E-state index contributed by atoms with van der Waals surface area (Å²) < 4.78 is 24.6. The Bertz CT molecular complexity index is 672. The van der Waals surface area contributed by atoms with Gasteiger partial charge in [0.1, 0.15) is 17.3 Å². The lowest BCUT2D eigenvalue weighted by Gasteiger charge is -2.38. The van der Waals surface area contributed by atoms with Gasteiger partial charge in [-0.15, -0.1) is 0 Å². The molecule has 0 bridgehead atoms. The molecule has 0 radical (unpaired) electrons. The van der Waals surface area contributed by atoms with E-state index in [-0.39, 0.29) is 5.82 Å². The number of rotatable bonds is 7. The Morgan fingerprint density at radius 2 is 1.73 bits per heavy atom. The molecule has 0 aliphatic carbocycles. The van der Waals surface area contributed by atoms with Gasteiger partial charge in [0, 0.05) is 12.5 Å². The van der Waals surface area contributed by atoms with Gasteiger partial charge in [-0.3, -0.25) is 0 Å². The van der Waals surface area contributed by atoms with Crippen LogP contribution in [0.25, 0.3) is 0 Å². The summed E-state index contributed by atoms with van der Waals surface area (Å²) in [6.45, 7) is 6.11. The van der Waals surface area contributed by atoms with Gasteiger partial charge >= 0.3 is 0 Å². The zero-order valence-corrected chi connectivity index (χ0v) is 15.7. The molecule has 2 aromatic rings. The van der Waals surface area contributed by atoms with Crippen LogP contribution in [-0.4, -0.2) is 38.3 Å². The third-order valence-corrected chi connectivity index (χ3v) is 5.18. The van der Waals surface area contributed by atoms with Crippen molar-refractivity contribution in [1.82, 2.24) is 4.90 Å². The minimum absolute atomic E-state index is 0.178. The number of methoxy groups -OCH3 is 1. The van der Waals surface area contributed by atoms with E-state index in [1.165, 1.54) is 5.56 Å². The first-order chi connectivity index (χ1) is 12.7. The van der Waals surface area contributed by atoms with E-state index in [4.69, 9.17) is 9.47 Å². The van der Waals surface area contributed by atoms with Crippen LogP contribution < -0.4 is 9.47 Å². The van der Waals surface area contributed by atoms with Gasteiger partial charge in [0.2, 0.25) is 0 Å². The molecule has 26 heavy (non-hydrogen) atoms. The predicted molar refractivity (Wildman–Crippen MR) is 102 cm³/mol. The van der Waals surface area contributed by atoms with Gasteiger partial charge in [0.25, 0.3) is 0 Å². The van der Waals surface area contributed by atoms with Crippen molar-refractivity contribution in [3.63, 3.8) is 0 Å². The highest BCUT2D eigenvalue weighted by atomic mass is 19.1. The van der Waals surface area contributed by atoms with Gasteiger partial charge in [-0.2, -0.15) is 0 Å². The second-order valence-electron chi connectivity index (χ2n) is 6.99. The van der Waals surface area contributed by atoms with Gasteiger partial charge in [-0.05, 0) is 73.8 Å². The summed E-state index contributed by atoms with van der Waals surface area (Å²) in [4.78, 5) is 2.52. The van der Waals surface area contributed by atoms with Crippen molar-refractivity contribution in [1.29, 1.82) is 0 Å². The highest BCUT2D eigenvalue weighted by Gasteiger charge is 2.30. The van der Waals surface area contributed by atoms with Crippen molar-refractivity contribution in [3.05, 3.63) is 59.9 Å². The highest BCUT2D eigenvalue weighted by molar-refractivity contribution is 5.31. The molecule has 2 atom stereocenters. The molecule has 140 valence electrons. The third-order valence-electron chi connectivity index (χ3n) is 5.18. The summed E-state index contributed by atoms with van der Waals surface area (Å²) in [6, 6.07) is 14.7. The molecular formula is C22H28FNO2. The molecule has 1 aliphatic rings. The fraction of sp³-hybridized carbons (Fsp3) is 0.455. The summed E-state index contributed by atoms with van der Waals surface area (Å²) in [5.74, 6) is 2.30. The summed E-state index contributed by atoms with van der Waals surface area (Å²) >= 11 is 0. The largest absolute Gasteiger partial charge is 0.497 e. The number of benzene rings is 2. The van der Waals surface area contributed by atoms with E-state index >= 15 is 0 Å². The van der Waals surface area contributed by atoms with Crippen LogP contribution in [0, 0.1) is 11.7 Å². The maximum atomic E-state index is 13.3. The molecule has 0 amide bonds. The number of halogens is 1.